The Bertz CT molecular complexity index is 1160. The number of carbonyl (C=O) groups is 3. The van der Waals surface area contributed by atoms with Gasteiger partial charge in [-0.15, -0.1) is 0 Å². The molecule has 0 aliphatic carbocycles. The van der Waals surface area contributed by atoms with E-state index in [1.807, 2.05) is 30.3 Å². The zero-order chi connectivity index (χ0) is 25.3. The number of ether oxygens (including phenoxy) is 1. The SMILES string of the molecule is COCCN(CCC(=O)NCc1ccco1)C(=O)c1cc2n(n1)CCCN(Cc1ccccc1)C2=O. The monoisotopic (exact) mass is 493 g/mol. The summed E-state index contributed by atoms with van der Waals surface area (Å²) in [5.41, 5.74) is 1.63. The van der Waals surface area contributed by atoms with Crippen LogP contribution in [0.4, 0.5) is 0 Å². The van der Waals surface area contributed by atoms with Crippen molar-refractivity contribution in [1.29, 1.82) is 0 Å². The fourth-order valence-corrected chi connectivity index (χ4v) is 4.10. The third-order valence-electron chi connectivity index (χ3n) is 6.02. The number of aryl methyl sites for hydroxylation is 1. The lowest BCUT2D eigenvalue weighted by molar-refractivity contribution is -0.121. The van der Waals surface area contributed by atoms with Gasteiger partial charge in [-0.1, -0.05) is 30.3 Å². The molecule has 0 bridgehead atoms. The first-order valence-corrected chi connectivity index (χ1v) is 12.0. The summed E-state index contributed by atoms with van der Waals surface area (Å²) < 4.78 is 12.0. The van der Waals surface area contributed by atoms with Gasteiger partial charge in [0.15, 0.2) is 5.69 Å². The highest BCUT2D eigenvalue weighted by Gasteiger charge is 2.28. The second-order valence-corrected chi connectivity index (χ2v) is 8.59. The van der Waals surface area contributed by atoms with E-state index < -0.39 is 0 Å². The van der Waals surface area contributed by atoms with Gasteiger partial charge in [-0.2, -0.15) is 5.10 Å². The summed E-state index contributed by atoms with van der Waals surface area (Å²) in [4.78, 5) is 42.2. The number of benzene rings is 1. The second-order valence-electron chi connectivity index (χ2n) is 8.59. The van der Waals surface area contributed by atoms with E-state index in [4.69, 9.17) is 9.15 Å². The average molecular weight is 494 g/mol. The van der Waals surface area contributed by atoms with E-state index in [9.17, 15) is 14.4 Å². The fourth-order valence-electron chi connectivity index (χ4n) is 4.10. The Balaban J connectivity index is 1.41. The Hall–Kier alpha value is -3.92. The molecule has 36 heavy (non-hydrogen) atoms. The third kappa shape index (κ3) is 6.39. The molecule has 3 aromatic rings. The molecule has 1 aliphatic heterocycles. The minimum Gasteiger partial charge on any atom is -0.467 e. The second kappa shape index (κ2) is 12.2. The largest absolute Gasteiger partial charge is 0.467 e. The summed E-state index contributed by atoms with van der Waals surface area (Å²) in [6.07, 6.45) is 2.41. The lowest BCUT2D eigenvalue weighted by atomic mass is 10.2. The molecular weight excluding hydrogens is 462 g/mol. The number of furan rings is 1. The van der Waals surface area contributed by atoms with Gasteiger partial charge in [-0.05, 0) is 24.1 Å². The van der Waals surface area contributed by atoms with Crippen LogP contribution in [-0.4, -0.2) is 70.7 Å². The van der Waals surface area contributed by atoms with Gasteiger partial charge in [0.1, 0.15) is 11.5 Å². The summed E-state index contributed by atoms with van der Waals surface area (Å²) >= 11 is 0. The predicted molar refractivity (Wildman–Crippen MR) is 131 cm³/mol. The maximum atomic E-state index is 13.3. The number of nitrogens with zero attached hydrogens (tertiary/aromatic N) is 4. The minimum atomic E-state index is -0.339. The summed E-state index contributed by atoms with van der Waals surface area (Å²) in [5, 5.41) is 7.23. The molecule has 190 valence electrons. The molecule has 0 unspecified atom stereocenters. The van der Waals surface area contributed by atoms with E-state index in [2.05, 4.69) is 10.4 Å². The molecule has 1 aromatic carbocycles. The number of fused-ring (bicyclic) bond motifs is 1. The van der Waals surface area contributed by atoms with Crippen molar-refractivity contribution in [3.05, 3.63) is 77.5 Å². The van der Waals surface area contributed by atoms with Crippen LogP contribution in [0, 0.1) is 0 Å². The molecule has 10 nitrogen and oxygen atoms in total. The quantitative estimate of drug-likeness (QED) is 0.439. The Morgan fingerprint density at radius 1 is 1.14 bits per heavy atom. The molecule has 3 amide bonds. The van der Waals surface area contributed by atoms with Crippen LogP contribution in [0.3, 0.4) is 0 Å². The Kier molecular flexibility index (Phi) is 8.51. The molecule has 3 heterocycles. The number of aromatic nitrogens is 2. The zero-order valence-electron chi connectivity index (χ0n) is 20.4. The molecule has 10 heteroatoms. The highest BCUT2D eigenvalue weighted by molar-refractivity contribution is 5.98. The molecular formula is C26H31N5O5. The van der Waals surface area contributed by atoms with E-state index in [0.29, 0.717) is 44.2 Å². The van der Waals surface area contributed by atoms with E-state index in [-0.39, 0.29) is 42.9 Å². The molecule has 0 atom stereocenters. The van der Waals surface area contributed by atoms with Gasteiger partial charge in [0.25, 0.3) is 11.8 Å². The number of hydrogen-bond acceptors (Lipinski definition) is 6. The van der Waals surface area contributed by atoms with Crippen molar-refractivity contribution in [2.45, 2.75) is 32.5 Å². The van der Waals surface area contributed by atoms with Crippen LogP contribution in [0.5, 0.6) is 0 Å². The van der Waals surface area contributed by atoms with Crippen LogP contribution < -0.4 is 5.32 Å². The molecule has 2 aromatic heterocycles. The van der Waals surface area contributed by atoms with Crippen molar-refractivity contribution in [2.75, 3.05) is 33.4 Å². The van der Waals surface area contributed by atoms with Gasteiger partial charge in [0.2, 0.25) is 5.91 Å². The van der Waals surface area contributed by atoms with E-state index in [1.165, 1.54) is 4.90 Å². The molecule has 0 saturated carbocycles. The Morgan fingerprint density at radius 2 is 1.97 bits per heavy atom. The summed E-state index contributed by atoms with van der Waals surface area (Å²) in [5.74, 6) is -0.0346. The molecule has 1 aliphatic rings. The molecule has 4 rings (SSSR count). The average Bonchev–Trinajstić information content (AvgIpc) is 3.54. The highest BCUT2D eigenvalue weighted by atomic mass is 16.5. The van der Waals surface area contributed by atoms with Crippen LogP contribution in [0.2, 0.25) is 0 Å². The van der Waals surface area contributed by atoms with E-state index >= 15 is 0 Å². The summed E-state index contributed by atoms with van der Waals surface area (Å²) in [7, 11) is 1.55. The molecule has 0 saturated heterocycles. The number of carbonyl (C=O) groups excluding carboxylic acids is 3. The number of methoxy groups -OCH3 is 1. The van der Waals surface area contributed by atoms with Crippen molar-refractivity contribution in [3.8, 4) is 0 Å². The van der Waals surface area contributed by atoms with Crippen LogP contribution >= 0.6 is 0 Å². The van der Waals surface area contributed by atoms with Crippen LogP contribution in [0.15, 0.2) is 59.2 Å². The first kappa shape index (κ1) is 25.2. The van der Waals surface area contributed by atoms with Gasteiger partial charge >= 0.3 is 0 Å². The summed E-state index contributed by atoms with van der Waals surface area (Å²) in [6.45, 7) is 2.77. The molecule has 0 spiro atoms. The fraction of sp³-hybridized carbons (Fsp3) is 0.385. The maximum absolute atomic E-state index is 13.3. The molecule has 0 fully saturated rings. The molecule has 1 N–H and O–H groups in total. The van der Waals surface area contributed by atoms with Gasteiger partial charge in [-0.3, -0.25) is 19.1 Å². The Labute approximate surface area is 209 Å². The predicted octanol–water partition coefficient (Wildman–Crippen LogP) is 2.32. The lowest BCUT2D eigenvalue weighted by Gasteiger charge is -2.21. The van der Waals surface area contributed by atoms with Gasteiger partial charge < -0.3 is 24.3 Å². The van der Waals surface area contributed by atoms with Crippen molar-refractivity contribution < 1.29 is 23.5 Å². The molecule has 0 radical (unpaired) electrons. The van der Waals surface area contributed by atoms with Gasteiger partial charge in [-0.25, -0.2) is 0 Å². The first-order chi connectivity index (χ1) is 17.5. The van der Waals surface area contributed by atoms with Crippen molar-refractivity contribution in [1.82, 2.24) is 24.9 Å². The topological polar surface area (TPSA) is 110 Å². The lowest BCUT2D eigenvalue weighted by Crippen LogP contribution is -2.37. The Morgan fingerprint density at radius 3 is 2.72 bits per heavy atom. The van der Waals surface area contributed by atoms with E-state index in [0.717, 1.165) is 12.0 Å². The smallest absolute Gasteiger partial charge is 0.274 e. The standard InChI is InChI=1S/C26H31N5O5/c1-35-16-14-29(13-10-24(32)27-18-21-9-5-15-36-21)25(33)22-17-23-26(34)30(11-6-12-31(23)28-22)19-20-7-3-2-4-8-20/h2-5,7-9,15,17H,6,10-14,16,18-19H2,1H3,(H,27,32). The van der Waals surface area contributed by atoms with Crippen molar-refractivity contribution in [3.63, 3.8) is 0 Å². The van der Waals surface area contributed by atoms with Crippen molar-refractivity contribution >= 4 is 17.7 Å². The van der Waals surface area contributed by atoms with Crippen LogP contribution in [0.1, 0.15) is 45.1 Å². The van der Waals surface area contributed by atoms with Crippen LogP contribution in [-0.2, 0) is 29.2 Å². The minimum absolute atomic E-state index is 0.119. The van der Waals surface area contributed by atoms with Crippen molar-refractivity contribution in [2.24, 2.45) is 0 Å². The van der Waals surface area contributed by atoms with Gasteiger partial charge in [0, 0.05) is 52.3 Å². The number of amides is 3. The third-order valence-corrected chi connectivity index (χ3v) is 6.02. The highest BCUT2D eigenvalue weighted by Crippen LogP contribution is 2.18. The number of rotatable bonds is 11. The number of hydrogen-bond donors (Lipinski definition) is 1. The van der Waals surface area contributed by atoms with Crippen LogP contribution in [0.25, 0.3) is 0 Å². The maximum Gasteiger partial charge on any atom is 0.274 e. The first-order valence-electron chi connectivity index (χ1n) is 12.0. The van der Waals surface area contributed by atoms with E-state index in [1.54, 1.807) is 41.2 Å². The summed E-state index contributed by atoms with van der Waals surface area (Å²) in [6, 6.07) is 14.9. The number of nitrogens with one attached hydrogen (secondary N) is 1. The zero-order valence-corrected chi connectivity index (χ0v) is 20.4. The normalized spacial score (nSPS) is 13.2. The van der Waals surface area contributed by atoms with Gasteiger partial charge in [0.05, 0.1) is 19.4 Å².